The number of rotatable bonds is 6. The van der Waals surface area contributed by atoms with Gasteiger partial charge in [-0.2, -0.15) is 0 Å². The third-order valence-electron chi connectivity index (χ3n) is 4.45. The lowest BCUT2D eigenvalue weighted by atomic mass is 9.93. The van der Waals surface area contributed by atoms with Gasteiger partial charge in [-0.15, -0.1) is 0 Å². The van der Waals surface area contributed by atoms with Crippen LogP contribution in [0.4, 0.5) is 0 Å². The SMILES string of the molecule is CC[C@H](C)[C@H](NC(=O)C1CCN(C(=O)C(C)C)CC1)C(=O)O. The fourth-order valence-corrected chi connectivity index (χ4v) is 2.68. The van der Waals surface area contributed by atoms with Crippen LogP contribution in [0.25, 0.3) is 0 Å². The standard InChI is InChI=1S/C16H28N2O4/c1-5-11(4)13(16(21)22)17-14(19)12-6-8-18(9-7-12)15(20)10(2)3/h10-13H,5-9H2,1-4H3,(H,17,19)(H,21,22)/t11-,13-/m0/s1. The van der Waals surface area contributed by atoms with Gasteiger partial charge in [0.15, 0.2) is 0 Å². The number of hydrogen-bond acceptors (Lipinski definition) is 3. The molecule has 0 unspecified atom stereocenters. The highest BCUT2D eigenvalue weighted by Crippen LogP contribution is 2.20. The molecule has 0 aromatic rings. The molecule has 2 amide bonds. The molecule has 1 aliphatic rings. The summed E-state index contributed by atoms with van der Waals surface area (Å²) in [5.41, 5.74) is 0. The number of carbonyl (C=O) groups is 3. The van der Waals surface area contributed by atoms with Crippen molar-refractivity contribution in [3.8, 4) is 0 Å². The van der Waals surface area contributed by atoms with Crippen LogP contribution >= 0.6 is 0 Å². The summed E-state index contributed by atoms with van der Waals surface area (Å²) >= 11 is 0. The number of carboxylic acids is 1. The number of amides is 2. The smallest absolute Gasteiger partial charge is 0.326 e. The lowest BCUT2D eigenvalue weighted by Crippen LogP contribution is -2.50. The average molecular weight is 312 g/mol. The van der Waals surface area contributed by atoms with Crippen molar-refractivity contribution >= 4 is 17.8 Å². The molecule has 1 rings (SSSR count). The molecule has 0 bridgehead atoms. The van der Waals surface area contributed by atoms with Gasteiger partial charge in [0.2, 0.25) is 11.8 Å². The maximum absolute atomic E-state index is 12.3. The van der Waals surface area contributed by atoms with E-state index in [1.807, 2.05) is 27.7 Å². The highest BCUT2D eigenvalue weighted by atomic mass is 16.4. The van der Waals surface area contributed by atoms with Crippen molar-refractivity contribution in [1.29, 1.82) is 0 Å². The van der Waals surface area contributed by atoms with Crippen molar-refractivity contribution in [3.05, 3.63) is 0 Å². The first-order valence-electron chi connectivity index (χ1n) is 8.09. The molecule has 0 aromatic carbocycles. The molecule has 6 heteroatoms. The van der Waals surface area contributed by atoms with E-state index in [9.17, 15) is 19.5 Å². The van der Waals surface area contributed by atoms with E-state index < -0.39 is 12.0 Å². The maximum Gasteiger partial charge on any atom is 0.326 e. The third-order valence-corrected chi connectivity index (χ3v) is 4.45. The van der Waals surface area contributed by atoms with Gasteiger partial charge in [0.05, 0.1) is 0 Å². The maximum atomic E-state index is 12.3. The molecule has 2 atom stereocenters. The summed E-state index contributed by atoms with van der Waals surface area (Å²) in [5, 5.41) is 11.9. The van der Waals surface area contributed by atoms with Gasteiger partial charge in [0, 0.05) is 24.9 Å². The lowest BCUT2D eigenvalue weighted by molar-refractivity contribution is -0.144. The van der Waals surface area contributed by atoms with Gasteiger partial charge in [-0.3, -0.25) is 9.59 Å². The van der Waals surface area contributed by atoms with Crippen LogP contribution in [0.15, 0.2) is 0 Å². The minimum Gasteiger partial charge on any atom is -0.480 e. The van der Waals surface area contributed by atoms with Crippen molar-refractivity contribution < 1.29 is 19.5 Å². The number of nitrogens with one attached hydrogen (secondary N) is 1. The van der Waals surface area contributed by atoms with Gasteiger partial charge >= 0.3 is 5.97 Å². The molecule has 1 fully saturated rings. The zero-order valence-corrected chi connectivity index (χ0v) is 14.0. The van der Waals surface area contributed by atoms with Gasteiger partial charge in [-0.1, -0.05) is 34.1 Å². The van der Waals surface area contributed by atoms with Crippen LogP contribution in [0, 0.1) is 17.8 Å². The van der Waals surface area contributed by atoms with Gasteiger partial charge in [0.1, 0.15) is 6.04 Å². The van der Waals surface area contributed by atoms with Crippen LogP contribution in [0.1, 0.15) is 47.0 Å². The van der Waals surface area contributed by atoms with Gasteiger partial charge < -0.3 is 15.3 Å². The second-order valence-electron chi connectivity index (χ2n) is 6.46. The number of carboxylic acid groups (broad SMARTS) is 1. The highest BCUT2D eigenvalue weighted by Gasteiger charge is 2.32. The van der Waals surface area contributed by atoms with E-state index in [-0.39, 0.29) is 29.6 Å². The molecule has 0 radical (unpaired) electrons. The molecule has 1 aliphatic heterocycles. The van der Waals surface area contributed by atoms with E-state index in [2.05, 4.69) is 5.32 Å². The summed E-state index contributed by atoms with van der Waals surface area (Å²) in [6.07, 6.45) is 1.88. The number of carbonyl (C=O) groups excluding carboxylic acids is 2. The molecular weight excluding hydrogens is 284 g/mol. The van der Waals surface area contributed by atoms with Crippen molar-refractivity contribution in [2.75, 3.05) is 13.1 Å². The Bertz CT molecular complexity index is 414. The van der Waals surface area contributed by atoms with Crippen LogP contribution in [-0.2, 0) is 14.4 Å². The predicted molar refractivity (Wildman–Crippen MR) is 83.2 cm³/mol. The Kier molecular flexibility index (Phi) is 6.84. The summed E-state index contributed by atoms with van der Waals surface area (Å²) in [4.78, 5) is 37.2. The number of likely N-dealkylation sites (tertiary alicyclic amines) is 1. The molecule has 1 saturated heterocycles. The number of hydrogen-bond donors (Lipinski definition) is 2. The van der Waals surface area contributed by atoms with Crippen molar-refractivity contribution in [2.24, 2.45) is 17.8 Å². The summed E-state index contributed by atoms with van der Waals surface area (Å²) in [5.74, 6) is -1.43. The van der Waals surface area contributed by atoms with E-state index in [0.717, 1.165) is 0 Å². The molecule has 1 heterocycles. The summed E-state index contributed by atoms with van der Waals surface area (Å²) in [6.45, 7) is 8.59. The van der Waals surface area contributed by atoms with Crippen molar-refractivity contribution in [3.63, 3.8) is 0 Å². The van der Waals surface area contributed by atoms with E-state index in [1.54, 1.807) is 4.90 Å². The number of aliphatic carboxylic acids is 1. The Balaban J connectivity index is 2.55. The van der Waals surface area contributed by atoms with Gasteiger partial charge in [-0.05, 0) is 18.8 Å². The minimum atomic E-state index is -0.991. The summed E-state index contributed by atoms with van der Waals surface area (Å²) < 4.78 is 0. The monoisotopic (exact) mass is 312 g/mol. The Morgan fingerprint density at radius 2 is 1.73 bits per heavy atom. The minimum absolute atomic E-state index is 0.0350. The molecular formula is C16H28N2O4. The van der Waals surface area contributed by atoms with E-state index >= 15 is 0 Å². The summed E-state index contributed by atoms with van der Waals surface area (Å²) in [6, 6.07) is -0.840. The average Bonchev–Trinajstić information content (AvgIpc) is 2.50. The normalized spacial score (nSPS) is 18.9. The van der Waals surface area contributed by atoms with Crippen molar-refractivity contribution in [1.82, 2.24) is 10.2 Å². The number of nitrogens with zero attached hydrogens (tertiary/aromatic N) is 1. The fourth-order valence-electron chi connectivity index (χ4n) is 2.68. The Morgan fingerprint density at radius 3 is 2.14 bits per heavy atom. The molecule has 0 spiro atoms. The van der Waals surface area contributed by atoms with Crippen molar-refractivity contribution in [2.45, 2.75) is 53.0 Å². The van der Waals surface area contributed by atoms with Crippen LogP contribution < -0.4 is 5.32 Å². The summed E-state index contributed by atoms with van der Waals surface area (Å²) in [7, 11) is 0. The first kappa shape index (κ1) is 18.5. The molecule has 22 heavy (non-hydrogen) atoms. The van der Waals surface area contributed by atoms with Crippen LogP contribution in [-0.4, -0.2) is 46.9 Å². The zero-order chi connectivity index (χ0) is 16.9. The molecule has 6 nitrogen and oxygen atoms in total. The molecule has 0 saturated carbocycles. The molecule has 0 aromatic heterocycles. The second kappa shape index (κ2) is 8.15. The molecule has 126 valence electrons. The first-order valence-corrected chi connectivity index (χ1v) is 8.09. The lowest BCUT2D eigenvalue weighted by Gasteiger charge is -2.33. The van der Waals surface area contributed by atoms with Crippen LogP contribution in [0.2, 0.25) is 0 Å². The highest BCUT2D eigenvalue weighted by molar-refractivity contribution is 5.85. The molecule has 2 N–H and O–H groups in total. The van der Waals surface area contributed by atoms with E-state index in [1.165, 1.54) is 0 Å². The van der Waals surface area contributed by atoms with E-state index in [0.29, 0.717) is 32.4 Å². The van der Waals surface area contributed by atoms with Crippen LogP contribution in [0.5, 0.6) is 0 Å². The Morgan fingerprint density at radius 1 is 1.18 bits per heavy atom. The fraction of sp³-hybridized carbons (Fsp3) is 0.812. The second-order valence-corrected chi connectivity index (χ2v) is 6.46. The Labute approximate surface area is 132 Å². The van der Waals surface area contributed by atoms with E-state index in [4.69, 9.17) is 0 Å². The molecule has 0 aliphatic carbocycles. The third kappa shape index (κ3) is 4.71. The largest absolute Gasteiger partial charge is 0.480 e. The Hall–Kier alpha value is -1.59. The predicted octanol–water partition coefficient (Wildman–Crippen LogP) is 1.50. The number of piperidine rings is 1. The van der Waals surface area contributed by atoms with Crippen LogP contribution in [0.3, 0.4) is 0 Å². The topological polar surface area (TPSA) is 86.7 Å². The quantitative estimate of drug-likeness (QED) is 0.778. The van der Waals surface area contributed by atoms with Gasteiger partial charge in [-0.25, -0.2) is 4.79 Å². The zero-order valence-electron chi connectivity index (χ0n) is 14.0. The van der Waals surface area contributed by atoms with Gasteiger partial charge in [0.25, 0.3) is 0 Å². The first-order chi connectivity index (χ1) is 10.3.